The molecule has 1 N–H and O–H groups in total. The summed E-state index contributed by atoms with van der Waals surface area (Å²) in [4.78, 5) is 14.4. The van der Waals surface area contributed by atoms with Crippen molar-refractivity contribution >= 4 is 23.2 Å². The highest BCUT2D eigenvalue weighted by Crippen LogP contribution is 2.22. The zero-order valence-corrected chi connectivity index (χ0v) is 13.2. The fraction of sp³-hybridized carbons (Fsp3) is 0.562. The van der Waals surface area contributed by atoms with E-state index in [4.69, 9.17) is 11.6 Å². The van der Waals surface area contributed by atoms with Crippen LogP contribution in [0.15, 0.2) is 24.3 Å². The number of hydrogen-bond acceptors (Lipinski definition) is 2. The van der Waals surface area contributed by atoms with Gasteiger partial charge in [-0.15, -0.1) is 0 Å². The minimum absolute atomic E-state index is 0.125. The summed E-state index contributed by atoms with van der Waals surface area (Å²) in [5.74, 6) is 0.125. The van der Waals surface area contributed by atoms with E-state index in [9.17, 15) is 4.79 Å². The third-order valence-corrected chi connectivity index (χ3v) is 3.88. The van der Waals surface area contributed by atoms with Gasteiger partial charge in [-0.05, 0) is 37.1 Å². The van der Waals surface area contributed by atoms with Gasteiger partial charge >= 0.3 is 0 Å². The Morgan fingerprint density at radius 3 is 2.55 bits per heavy atom. The van der Waals surface area contributed by atoms with Crippen LogP contribution in [-0.4, -0.2) is 25.0 Å². The van der Waals surface area contributed by atoms with Gasteiger partial charge in [0.2, 0.25) is 5.91 Å². The Kier molecular flexibility index (Phi) is 4.59. The molecule has 1 aromatic carbocycles. The highest BCUT2D eigenvalue weighted by atomic mass is 35.5. The maximum Gasteiger partial charge on any atom is 0.225 e. The Bertz CT molecular complexity index is 464. The molecule has 3 nitrogen and oxygen atoms in total. The third kappa shape index (κ3) is 3.89. The van der Waals surface area contributed by atoms with E-state index in [2.05, 4.69) is 10.2 Å². The molecule has 2 rings (SSSR count). The molecule has 1 unspecified atom stereocenters. The molecular weight excluding hydrogens is 272 g/mol. The van der Waals surface area contributed by atoms with Crippen molar-refractivity contribution < 1.29 is 4.79 Å². The molecule has 1 aliphatic rings. The van der Waals surface area contributed by atoms with Gasteiger partial charge in [-0.25, -0.2) is 0 Å². The smallest absolute Gasteiger partial charge is 0.225 e. The minimum atomic E-state index is -0.331. The van der Waals surface area contributed by atoms with Crippen molar-refractivity contribution in [2.75, 3.05) is 18.0 Å². The van der Waals surface area contributed by atoms with Gasteiger partial charge in [0.05, 0.1) is 0 Å². The fourth-order valence-electron chi connectivity index (χ4n) is 2.38. The molecule has 1 atom stereocenters. The van der Waals surface area contributed by atoms with E-state index in [1.807, 2.05) is 45.0 Å². The largest absolute Gasteiger partial charge is 0.369 e. The lowest BCUT2D eigenvalue weighted by Crippen LogP contribution is -2.50. The number of nitrogens with zero attached hydrogens (tertiary/aromatic N) is 1. The van der Waals surface area contributed by atoms with Gasteiger partial charge in [-0.3, -0.25) is 4.79 Å². The molecule has 1 aliphatic heterocycles. The zero-order valence-electron chi connectivity index (χ0n) is 12.4. The molecule has 0 aliphatic carbocycles. The van der Waals surface area contributed by atoms with Crippen LogP contribution in [0.4, 0.5) is 5.69 Å². The van der Waals surface area contributed by atoms with Crippen molar-refractivity contribution in [2.24, 2.45) is 5.41 Å². The molecule has 110 valence electrons. The zero-order chi connectivity index (χ0) is 14.8. The molecule has 1 heterocycles. The molecule has 0 spiro atoms. The summed E-state index contributed by atoms with van der Waals surface area (Å²) in [5.41, 5.74) is 0.840. The van der Waals surface area contributed by atoms with Crippen LogP contribution in [0.25, 0.3) is 0 Å². The highest BCUT2D eigenvalue weighted by Gasteiger charge is 2.27. The molecule has 1 aromatic rings. The maximum absolute atomic E-state index is 12.1. The number of nitrogens with one attached hydrogen (secondary N) is 1. The standard InChI is InChI=1S/C16H23ClN2O/c1-16(2,3)15(20)18-13-5-4-10-19(11-13)14-8-6-12(17)7-9-14/h6-9,13H,4-5,10-11H2,1-3H3,(H,18,20). The molecule has 0 saturated carbocycles. The minimum Gasteiger partial charge on any atom is -0.369 e. The first kappa shape index (κ1) is 15.2. The summed E-state index contributed by atoms with van der Waals surface area (Å²) < 4.78 is 0. The van der Waals surface area contributed by atoms with E-state index in [1.165, 1.54) is 5.69 Å². The first-order valence-corrected chi connectivity index (χ1v) is 7.55. The topological polar surface area (TPSA) is 32.3 Å². The molecule has 1 fully saturated rings. The van der Waals surface area contributed by atoms with Gasteiger partial charge in [0.25, 0.3) is 0 Å². The summed E-state index contributed by atoms with van der Waals surface area (Å²) in [6, 6.07) is 8.13. The molecule has 1 saturated heterocycles. The molecule has 4 heteroatoms. The molecule has 1 amide bonds. The van der Waals surface area contributed by atoms with Gasteiger partial charge in [-0.2, -0.15) is 0 Å². The first-order chi connectivity index (χ1) is 9.36. The van der Waals surface area contributed by atoms with E-state index in [0.717, 1.165) is 31.0 Å². The Balaban J connectivity index is 1.98. The number of anilines is 1. The van der Waals surface area contributed by atoms with Crippen LogP contribution in [0, 0.1) is 5.41 Å². The second-order valence-electron chi connectivity index (χ2n) is 6.49. The molecule has 0 radical (unpaired) electrons. The molecule has 0 bridgehead atoms. The summed E-state index contributed by atoms with van der Waals surface area (Å²) >= 11 is 5.92. The summed E-state index contributed by atoms with van der Waals surface area (Å²) in [6.45, 7) is 7.74. The third-order valence-electron chi connectivity index (χ3n) is 3.63. The number of piperidine rings is 1. The van der Waals surface area contributed by atoms with Gasteiger partial charge < -0.3 is 10.2 Å². The summed E-state index contributed by atoms with van der Waals surface area (Å²) in [5, 5.41) is 3.92. The molecule has 0 aromatic heterocycles. The second kappa shape index (κ2) is 6.04. The number of hydrogen-bond donors (Lipinski definition) is 1. The predicted octanol–water partition coefficient (Wildman–Crippen LogP) is 3.47. The van der Waals surface area contributed by atoms with Crippen LogP contribution in [-0.2, 0) is 4.79 Å². The van der Waals surface area contributed by atoms with Crippen molar-refractivity contribution in [1.29, 1.82) is 0 Å². The van der Waals surface area contributed by atoms with E-state index in [-0.39, 0.29) is 17.4 Å². The second-order valence-corrected chi connectivity index (χ2v) is 6.92. The van der Waals surface area contributed by atoms with E-state index in [0.29, 0.717) is 0 Å². The van der Waals surface area contributed by atoms with Crippen LogP contribution < -0.4 is 10.2 Å². The summed E-state index contributed by atoms with van der Waals surface area (Å²) in [7, 11) is 0. The van der Waals surface area contributed by atoms with Crippen molar-refractivity contribution in [2.45, 2.75) is 39.7 Å². The lowest BCUT2D eigenvalue weighted by molar-refractivity contribution is -0.129. The van der Waals surface area contributed by atoms with Crippen molar-refractivity contribution in [3.05, 3.63) is 29.3 Å². The van der Waals surface area contributed by atoms with Gasteiger partial charge in [-0.1, -0.05) is 32.4 Å². The summed E-state index contributed by atoms with van der Waals surface area (Å²) in [6.07, 6.45) is 2.14. The van der Waals surface area contributed by atoms with Crippen LogP contribution in [0.3, 0.4) is 0 Å². The quantitative estimate of drug-likeness (QED) is 0.906. The van der Waals surface area contributed by atoms with Gasteiger partial charge in [0, 0.05) is 35.3 Å². The van der Waals surface area contributed by atoms with Gasteiger partial charge in [0.15, 0.2) is 0 Å². The van der Waals surface area contributed by atoms with E-state index < -0.39 is 0 Å². The monoisotopic (exact) mass is 294 g/mol. The first-order valence-electron chi connectivity index (χ1n) is 7.18. The van der Waals surface area contributed by atoms with Crippen molar-refractivity contribution in [3.8, 4) is 0 Å². The van der Waals surface area contributed by atoms with Crippen LogP contribution in [0.2, 0.25) is 5.02 Å². The lowest BCUT2D eigenvalue weighted by atomic mass is 9.94. The highest BCUT2D eigenvalue weighted by molar-refractivity contribution is 6.30. The Morgan fingerprint density at radius 2 is 1.95 bits per heavy atom. The average molecular weight is 295 g/mol. The number of carbonyl (C=O) groups is 1. The average Bonchev–Trinajstić information content (AvgIpc) is 2.39. The van der Waals surface area contributed by atoms with Crippen LogP contribution >= 0.6 is 11.6 Å². The maximum atomic E-state index is 12.1. The number of rotatable bonds is 2. The van der Waals surface area contributed by atoms with E-state index >= 15 is 0 Å². The fourth-order valence-corrected chi connectivity index (χ4v) is 2.51. The predicted molar refractivity (Wildman–Crippen MR) is 84.3 cm³/mol. The van der Waals surface area contributed by atoms with Gasteiger partial charge in [0.1, 0.15) is 0 Å². The number of carbonyl (C=O) groups excluding carboxylic acids is 1. The molecular formula is C16H23ClN2O. The van der Waals surface area contributed by atoms with Crippen molar-refractivity contribution in [1.82, 2.24) is 5.32 Å². The van der Waals surface area contributed by atoms with E-state index in [1.54, 1.807) is 0 Å². The number of amides is 1. The lowest BCUT2D eigenvalue weighted by Gasteiger charge is -2.36. The molecule has 20 heavy (non-hydrogen) atoms. The SMILES string of the molecule is CC(C)(C)C(=O)NC1CCCN(c2ccc(Cl)cc2)C1. The Morgan fingerprint density at radius 1 is 1.30 bits per heavy atom. The number of benzene rings is 1. The van der Waals surface area contributed by atoms with Crippen LogP contribution in [0.1, 0.15) is 33.6 Å². The van der Waals surface area contributed by atoms with Crippen LogP contribution in [0.5, 0.6) is 0 Å². The Hall–Kier alpha value is -1.22. The normalized spacial score (nSPS) is 19.8. The Labute approximate surface area is 126 Å². The number of halogens is 1. The van der Waals surface area contributed by atoms with Crippen molar-refractivity contribution in [3.63, 3.8) is 0 Å².